The Kier molecular flexibility index (Phi) is 3.97. The molecule has 0 fully saturated rings. The molecule has 0 unspecified atom stereocenters. The summed E-state index contributed by atoms with van der Waals surface area (Å²) in [4.78, 5) is -0.0811. The van der Waals surface area contributed by atoms with E-state index in [0.717, 1.165) is 0 Å². The number of aryl methyl sites for hydroxylation is 1. The van der Waals surface area contributed by atoms with Crippen LogP contribution in [0, 0.1) is 11.3 Å². The number of aromatic nitrogens is 2. The van der Waals surface area contributed by atoms with E-state index in [1.165, 1.54) is 24.4 Å². The highest BCUT2D eigenvalue weighted by molar-refractivity contribution is 7.92. The van der Waals surface area contributed by atoms with Gasteiger partial charge in [0.1, 0.15) is 4.90 Å². The molecule has 1 heterocycles. The number of hydrogen-bond donors (Lipinski definition) is 1. The minimum Gasteiger partial charge on any atom is -0.276 e. The summed E-state index contributed by atoms with van der Waals surface area (Å²) in [6.45, 7) is 2.53. The van der Waals surface area contributed by atoms with Crippen molar-refractivity contribution >= 4 is 27.3 Å². The number of halogens is 1. The van der Waals surface area contributed by atoms with Crippen molar-refractivity contribution in [3.05, 3.63) is 41.2 Å². The third-order valence-electron chi connectivity index (χ3n) is 2.56. The normalized spacial score (nSPS) is 11.1. The van der Waals surface area contributed by atoms with Crippen LogP contribution in [0.2, 0.25) is 5.02 Å². The number of nitriles is 1. The zero-order valence-electron chi connectivity index (χ0n) is 10.5. The lowest BCUT2D eigenvalue weighted by molar-refractivity contribution is 0.601. The van der Waals surface area contributed by atoms with Crippen LogP contribution in [0.15, 0.2) is 35.5 Å². The molecule has 20 heavy (non-hydrogen) atoms. The van der Waals surface area contributed by atoms with Gasteiger partial charge in [-0.25, -0.2) is 8.42 Å². The number of nitrogens with zero attached hydrogens (tertiary/aromatic N) is 3. The third kappa shape index (κ3) is 2.92. The second kappa shape index (κ2) is 5.53. The number of benzene rings is 1. The molecule has 0 aliphatic rings. The van der Waals surface area contributed by atoms with E-state index in [1.54, 1.807) is 10.9 Å². The van der Waals surface area contributed by atoms with Crippen molar-refractivity contribution in [2.75, 3.05) is 4.72 Å². The molecular weight excluding hydrogens is 300 g/mol. The Morgan fingerprint density at radius 3 is 2.80 bits per heavy atom. The first kappa shape index (κ1) is 14.4. The zero-order chi connectivity index (χ0) is 14.8. The maximum atomic E-state index is 12.2. The van der Waals surface area contributed by atoms with E-state index in [9.17, 15) is 8.42 Å². The lowest BCUT2D eigenvalue weighted by atomic mass is 10.2. The molecule has 0 aliphatic carbocycles. The Balaban J connectivity index is 2.33. The average molecular weight is 311 g/mol. The fraction of sp³-hybridized carbons (Fsp3) is 0.167. The Bertz CT molecular complexity index is 777. The SMILES string of the molecule is CCn1cc(NS(=O)(=O)c2ccc(C#N)cc2Cl)cn1. The van der Waals surface area contributed by atoms with Crippen LogP contribution in [0.4, 0.5) is 5.69 Å². The summed E-state index contributed by atoms with van der Waals surface area (Å²) in [5.74, 6) is 0. The van der Waals surface area contributed by atoms with Crippen molar-refractivity contribution in [3.63, 3.8) is 0 Å². The quantitative estimate of drug-likeness (QED) is 0.938. The Morgan fingerprint density at radius 1 is 1.50 bits per heavy atom. The fourth-order valence-electron chi connectivity index (χ4n) is 1.59. The number of rotatable bonds is 4. The van der Waals surface area contributed by atoms with Crippen molar-refractivity contribution in [2.24, 2.45) is 0 Å². The molecule has 0 saturated carbocycles. The van der Waals surface area contributed by atoms with Crippen molar-refractivity contribution in [1.82, 2.24) is 9.78 Å². The molecule has 0 saturated heterocycles. The van der Waals surface area contributed by atoms with Crippen molar-refractivity contribution in [2.45, 2.75) is 18.4 Å². The summed E-state index contributed by atoms with van der Waals surface area (Å²) >= 11 is 5.90. The molecule has 2 rings (SSSR count). The van der Waals surface area contributed by atoms with Gasteiger partial charge in [0.25, 0.3) is 10.0 Å². The van der Waals surface area contributed by atoms with E-state index >= 15 is 0 Å². The van der Waals surface area contributed by atoms with Crippen LogP contribution in [-0.4, -0.2) is 18.2 Å². The zero-order valence-corrected chi connectivity index (χ0v) is 12.1. The molecule has 0 amide bonds. The van der Waals surface area contributed by atoms with Crippen molar-refractivity contribution < 1.29 is 8.42 Å². The smallest absolute Gasteiger partial charge is 0.263 e. The van der Waals surface area contributed by atoms with Gasteiger partial charge in [-0.3, -0.25) is 9.40 Å². The highest BCUT2D eigenvalue weighted by atomic mass is 35.5. The standard InChI is InChI=1S/C12H11ClN4O2S/c1-2-17-8-10(7-15-17)16-20(18,19)12-4-3-9(6-14)5-11(12)13/h3-5,7-8,16H,2H2,1H3. The van der Waals surface area contributed by atoms with Gasteiger partial charge >= 0.3 is 0 Å². The monoisotopic (exact) mass is 310 g/mol. The number of hydrogen-bond acceptors (Lipinski definition) is 4. The number of anilines is 1. The summed E-state index contributed by atoms with van der Waals surface area (Å²) in [6, 6.07) is 5.90. The summed E-state index contributed by atoms with van der Waals surface area (Å²) < 4.78 is 28.4. The van der Waals surface area contributed by atoms with E-state index < -0.39 is 10.0 Å². The van der Waals surface area contributed by atoms with Crippen LogP contribution in [-0.2, 0) is 16.6 Å². The predicted molar refractivity (Wildman–Crippen MR) is 74.9 cm³/mol. The molecule has 1 aromatic carbocycles. The predicted octanol–water partition coefficient (Wildman–Crippen LogP) is 2.23. The maximum Gasteiger partial charge on any atom is 0.263 e. The van der Waals surface area contributed by atoms with Crippen LogP contribution in [0.25, 0.3) is 0 Å². The highest BCUT2D eigenvalue weighted by Gasteiger charge is 2.19. The summed E-state index contributed by atoms with van der Waals surface area (Å²) in [7, 11) is -3.81. The Hall–Kier alpha value is -2.04. The lowest BCUT2D eigenvalue weighted by Gasteiger charge is -2.07. The van der Waals surface area contributed by atoms with Crippen LogP contribution in [0.1, 0.15) is 12.5 Å². The Morgan fingerprint density at radius 2 is 2.25 bits per heavy atom. The Labute approximate surface area is 121 Å². The van der Waals surface area contributed by atoms with Gasteiger partial charge in [-0.1, -0.05) is 11.6 Å². The lowest BCUT2D eigenvalue weighted by Crippen LogP contribution is -2.13. The van der Waals surface area contributed by atoms with E-state index in [2.05, 4.69) is 9.82 Å². The van der Waals surface area contributed by atoms with Gasteiger partial charge in [-0.2, -0.15) is 10.4 Å². The van der Waals surface area contributed by atoms with E-state index in [4.69, 9.17) is 16.9 Å². The maximum absolute atomic E-state index is 12.2. The van der Waals surface area contributed by atoms with Crippen LogP contribution in [0.3, 0.4) is 0 Å². The largest absolute Gasteiger partial charge is 0.276 e. The second-order valence-electron chi connectivity index (χ2n) is 3.95. The average Bonchev–Trinajstić information content (AvgIpc) is 2.85. The van der Waals surface area contributed by atoms with Gasteiger partial charge in [-0.15, -0.1) is 0 Å². The minimum absolute atomic E-state index is 0.000525. The molecule has 0 spiro atoms. The van der Waals surface area contributed by atoms with Gasteiger partial charge in [0.2, 0.25) is 0 Å². The topological polar surface area (TPSA) is 87.8 Å². The second-order valence-corrected chi connectivity index (χ2v) is 6.01. The number of sulfonamides is 1. The molecule has 1 aromatic heterocycles. The minimum atomic E-state index is -3.81. The first-order chi connectivity index (χ1) is 9.46. The molecule has 2 aromatic rings. The first-order valence-electron chi connectivity index (χ1n) is 5.71. The van der Waals surface area contributed by atoms with E-state index in [1.807, 2.05) is 13.0 Å². The summed E-state index contributed by atoms with van der Waals surface area (Å²) in [5.41, 5.74) is 0.653. The fourth-order valence-corrected chi connectivity index (χ4v) is 3.16. The summed E-state index contributed by atoms with van der Waals surface area (Å²) in [6.07, 6.45) is 2.99. The molecule has 0 atom stereocenters. The molecule has 0 radical (unpaired) electrons. The van der Waals surface area contributed by atoms with Crippen molar-refractivity contribution in [1.29, 1.82) is 5.26 Å². The molecule has 104 valence electrons. The summed E-state index contributed by atoms with van der Waals surface area (Å²) in [5, 5.41) is 12.7. The van der Waals surface area contributed by atoms with Gasteiger partial charge in [0.15, 0.2) is 0 Å². The van der Waals surface area contributed by atoms with Crippen LogP contribution in [0.5, 0.6) is 0 Å². The molecule has 1 N–H and O–H groups in total. The molecule has 0 bridgehead atoms. The van der Waals surface area contributed by atoms with Crippen LogP contribution >= 0.6 is 11.6 Å². The molecular formula is C12H11ClN4O2S. The van der Waals surface area contributed by atoms with Crippen LogP contribution < -0.4 is 4.72 Å². The van der Waals surface area contributed by atoms with Crippen molar-refractivity contribution in [3.8, 4) is 6.07 Å². The highest BCUT2D eigenvalue weighted by Crippen LogP contribution is 2.24. The van der Waals surface area contributed by atoms with Gasteiger partial charge in [0.05, 0.1) is 28.5 Å². The van der Waals surface area contributed by atoms with E-state index in [0.29, 0.717) is 17.8 Å². The van der Waals surface area contributed by atoms with Gasteiger partial charge in [-0.05, 0) is 25.1 Å². The molecule has 0 aliphatic heterocycles. The first-order valence-corrected chi connectivity index (χ1v) is 7.57. The molecule has 8 heteroatoms. The third-order valence-corrected chi connectivity index (χ3v) is 4.42. The van der Waals surface area contributed by atoms with Gasteiger partial charge in [0, 0.05) is 12.7 Å². The molecule has 6 nitrogen and oxygen atoms in total. The number of nitrogens with one attached hydrogen (secondary N) is 1. The van der Waals surface area contributed by atoms with E-state index in [-0.39, 0.29) is 9.92 Å². The van der Waals surface area contributed by atoms with Gasteiger partial charge < -0.3 is 0 Å².